The van der Waals surface area contributed by atoms with Crippen LogP contribution in [-0.2, 0) is 14.4 Å². The number of carbonyl (C=O) groups excluding carboxylic acids is 3. The number of carbonyl (C=O) groups is 4. The van der Waals surface area contributed by atoms with Crippen molar-refractivity contribution in [1.29, 1.82) is 0 Å². The van der Waals surface area contributed by atoms with Crippen LogP contribution in [0.5, 0.6) is 5.88 Å². The Labute approximate surface area is 288 Å². The first kappa shape index (κ1) is 33.8. The number of rotatable bonds is 10. The number of hydrogen-bond acceptors (Lipinski definition) is 8. The number of ether oxygens (including phenoxy) is 1. The number of hydrogen-bond donors (Lipinski definition) is 4. The zero-order valence-electron chi connectivity index (χ0n) is 28.1. The molecule has 1 saturated carbocycles. The van der Waals surface area contributed by atoms with Gasteiger partial charge < -0.3 is 30.4 Å². The summed E-state index contributed by atoms with van der Waals surface area (Å²) in [6, 6.07) is 10.8. The van der Waals surface area contributed by atoms with Crippen molar-refractivity contribution >= 4 is 46.1 Å². The highest BCUT2D eigenvalue weighted by Gasteiger charge is 2.61. The topological polar surface area (TPSA) is 167 Å². The summed E-state index contributed by atoms with van der Waals surface area (Å²) in [5.74, 6) is -2.88. The number of fused-ring (bicyclic) bond motifs is 1. The number of nitrogens with zero attached hydrogens (tertiary/aromatic N) is 3. The van der Waals surface area contributed by atoms with Gasteiger partial charge in [0.1, 0.15) is 29.4 Å². The van der Waals surface area contributed by atoms with Crippen LogP contribution in [-0.4, -0.2) is 78.9 Å². The molecule has 5 atom stereocenters. The summed E-state index contributed by atoms with van der Waals surface area (Å²) in [4.78, 5) is 69.2. The zero-order chi connectivity index (χ0) is 35.2. The molecule has 13 heteroatoms. The second kappa shape index (κ2) is 12.8. The quantitative estimate of drug-likeness (QED) is 0.175. The number of H-pyrrole nitrogens is 1. The monoisotopic (exact) mass is 684 g/mol. The van der Waals surface area contributed by atoms with Crippen molar-refractivity contribution in [2.24, 2.45) is 11.3 Å². The lowest BCUT2D eigenvalue weighted by molar-refractivity contribution is -0.146. The van der Waals surface area contributed by atoms with Crippen molar-refractivity contribution in [3.63, 3.8) is 0 Å². The summed E-state index contributed by atoms with van der Waals surface area (Å²) in [6.45, 7) is 12.8. The zero-order valence-corrected chi connectivity index (χ0v) is 28.9. The molecule has 3 amide bonds. The molecule has 49 heavy (non-hydrogen) atoms. The first-order valence-corrected chi connectivity index (χ1v) is 17.0. The number of benzene rings is 1. The summed E-state index contributed by atoms with van der Waals surface area (Å²) < 4.78 is 6.50. The standard InChI is InChI=1S/C36H40N6O6S/c1-7-21-17-36(21,34(46)47)41-31(44)26-16-22(48-32-28(27-13-10-14-49-27)38-24-11-8-9-12-25(24)39-32)18-42(26)33(45)29(35(4,5)6)40-30(43)23-15-19(2)37-20(23)3/h7-15,21-22,26,29,37H,1,16-18H2,2-6H3,(H,40,43)(H,41,44)(H,46,47)/t21-,22-,26+,29-,36?/m1/s1. The third-order valence-electron chi connectivity index (χ3n) is 9.23. The van der Waals surface area contributed by atoms with E-state index in [1.165, 1.54) is 22.3 Å². The second-order valence-corrected chi connectivity index (χ2v) is 14.8. The van der Waals surface area contributed by atoms with Gasteiger partial charge in [-0.1, -0.05) is 45.0 Å². The van der Waals surface area contributed by atoms with Crippen LogP contribution in [0.1, 0.15) is 55.4 Å². The van der Waals surface area contributed by atoms with Crippen LogP contribution in [0.15, 0.2) is 60.5 Å². The Balaban J connectivity index is 1.34. The molecule has 4 N–H and O–H groups in total. The Morgan fingerprint density at radius 2 is 1.86 bits per heavy atom. The van der Waals surface area contributed by atoms with Crippen molar-refractivity contribution in [1.82, 2.24) is 30.5 Å². The van der Waals surface area contributed by atoms with E-state index in [9.17, 15) is 24.3 Å². The number of amides is 3. The summed E-state index contributed by atoms with van der Waals surface area (Å²) in [5.41, 5.74) is 1.49. The average Bonchev–Trinajstić information content (AvgIpc) is 3.41. The molecule has 0 bridgehead atoms. The van der Waals surface area contributed by atoms with Crippen LogP contribution >= 0.6 is 11.3 Å². The van der Waals surface area contributed by atoms with Crippen LogP contribution < -0.4 is 15.4 Å². The number of aromatic nitrogens is 3. The minimum absolute atomic E-state index is 0.00892. The summed E-state index contributed by atoms with van der Waals surface area (Å²) in [7, 11) is 0. The van der Waals surface area contributed by atoms with E-state index in [-0.39, 0.29) is 25.3 Å². The number of likely N-dealkylation sites (tertiary alicyclic amines) is 1. The van der Waals surface area contributed by atoms with Crippen molar-refractivity contribution in [2.45, 2.75) is 71.2 Å². The molecule has 1 aliphatic carbocycles. The van der Waals surface area contributed by atoms with Gasteiger partial charge in [-0.25, -0.2) is 14.8 Å². The maximum Gasteiger partial charge on any atom is 0.330 e. The van der Waals surface area contributed by atoms with Crippen LogP contribution in [0, 0.1) is 25.2 Å². The minimum atomic E-state index is -1.50. The molecule has 0 spiro atoms. The average molecular weight is 685 g/mol. The van der Waals surface area contributed by atoms with E-state index < -0.39 is 58.8 Å². The predicted octanol–water partition coefficient (Wildman–Crippen LogP) is 4.64. The summed E-state index contributed by atoms with van der Waals surface area (Å²) in [5, 5.41) is 17.6. The normalized spacial score (nSPS) is 22.4. The molecule has 1 unspecified atom stereocenters. The number of aromatic amines is 1. The van der Waals surface area contributed by atoms with E-state index in [1.54, 1.807) is 13.0 Å². The maximum absolute atomic E-state index is 14.5. The van der Waals surface area contributed by atoms with Crippen molar-refractivity contribution < 1.29 is 29.0 Å². The first-order valence-electron chi connectivity index (χ1n) is 16.1. The number of carboxylic acids is 1. The fourth-order valence-corrected chi connectivity index (χ4v) is 7.18. The van der Waals surface area contributed by atoms with E-state index in [0.29, 0.717) is 28.0 Å². The third kappa shape index (κ3) is 6.54. The molecule has 2 fully saturated rings. The molecule has 1 aromatic carbocycles. The molecule has 1 saturated heterocycles. The van der Waals surface area contributed by atoms with Crippen molar-refractivity contribution in [3.8, 4) is 16.5 Å². The number of nitrogens with one attached hydrogen (secondary N) is 3. The Kier molecular flexibility index (Phi) is 8.82. The molecule has 0 radical (unpaired) electrons. The van der Waals surface area contributed by atoms with E-state index in [1.807, 2.05) is 69.5 Å². The van der Waals surface area contributed by atoms with E-state index in [2.05, 4.69) is 22.2 Å². The maximum atomic E-state index is 14.5. The molecule has 6 rings (SSSR count). The third-order valence-corrected chi connectivity index (χ3v) is 10.1. The van der Waals surface area contributed by atoms with Gasteiger partial charge >= 0.3 is 5.97 Å². The molecule has 1 aliphatic heterocycles. The van der Waals surface area contributed by atoms with Crippen molar-refractivity contribution in [3.05, 3.63) is 77.5 Å². The van der Waals surface area contributed by atoms with Gasteiger partial charge in [-0.3, -0.25) is 14.4 Å². The van der Waals surface area contributed by atoms with Gasteiger partial charge in [-0.05, 0) is 55.3 Å². The van der Waals surface area contributed by atoms with Gasteiger partial charge in [-0.2, -0.15) is 0 Å². The SMILES string of the molecule is C=C[C@@H]1CC1(NC(=O)[C@@H]1C[C@@H](Oc2nc3ccccc3nc2-c2cccs2)CN1C(=O)[C@@H](NC(=O)c1cc(C)[nH]c1C)C(C)(C)C)C(=O)O. The molecule has 256 valence electrons. The van der Waals surface area contributed by atoms with Gasteiger partial charge in [0.2, 0.25) is 17.7 Å². The van der Waals surface area contributed by atoms with Gasteiger partial charge in [-0.15, -0.1) is 17.9 Å². The largest absolute Gasteiger partial charge is 0.479 e. The van der Waals surface area contributed by atoms with Gasteiger partial charge in [0.25, 0.3) is 5.91 Å². The Morgan fingerprint density at radius 1 is 1.14 bits per heavy atom. The predicted molar refractivity (Wildman–Crippen MR) is 185 cm³/mol. The Bertz CT molecular complexity index is 1950. The summed E-state index contributed by atoms with van der Waals surface area (Å²) >= 11 is 1.48. The first-order chi connectivity index (χ1) is 23.2. The smallest absolute Gasteiger partial charge is 0.330 e. The molecule has 2 aliphatic rings. The lowest BCUT2D eigenvalue weighted by Gasteiger charge is -2.35. The highest BCUT2D eigenvalue weighted by molar-refractivity contribution is 7.13. The van der Waals surface area contributed by atoms with E-state index in [0.717, 1.165) is 10.6 Å². The molecule has 4 aromatic rings. The minimum Gasteiger partial charge on any atom is -0.479 e. The molecular weight excluding hydrogens is 644 g/mol. The lowest BCUT2D eigenvalue weighted by Crippen LogP contribution is -2.59. The molecule has 3 aromatic heterocycles. The number of aryl methyl sites for hydroxylation is 2. The lowest BCUT2D eigenvalue weighted by atomic mass is 9.85. The number of aliphatic carboxylic acids is 1. The Morgan fingerprint density at radius 3 is 2.43 bits per heavy atom. The highest BCUT2D eigenvalue weighted by atomic mass is 32.1. The van der Waals surface area contributed by atoms with Crippen LogP contribution in [0.25, 0.3) is 21.6 Å². The second-order valence-electron chi connectivity index (χ2n) is 13.9. The summed E-state index contributed by atoms with van der Waals surface area (Å²) in [6.07, 6.45) is 1.07. The number of para-hydroxylation sites is 2. The van der Waals surface area contributed by atoms with Crippen LogP contribution in [0.2, 0.25) is 0 Å². The van der Waals surface area contributed by atoms with Gasteiger partial charge in [0.05, 0.1) is 28.0 Å². The molecule has 12 nitrogen and oxygen atoms in total. The number of thiophene rings is 1. The molecular formula is C36H40N6O6S. The van der Waals surface area contributed by atoms with Crippen molar-refractivity contribution in [2.75, 3.05) is 6.54 Å². The van der Waals surface area contributed by atoms with Crippen LogP contribution in [0.4, 0.5) is 0 Å². The van der Waals surface area contributed by atoms with Crippen LogP contribution in [0.3, 0.4) is 0 Å². The highest BCUT2D eigenvalue weighted by Crippen LogP contribution is 2.45. The fraction of sp³-hybridized carbons (Fsp3) is 0.389. The fourth-order valence-electron chi connectivity index (χ4n) is 6.47. The van der Waals surface area contributed by atoms with Gasteiger partial charge in [0, 0.05) is 23.7 Å². The molecule has 4 heterocycles. The Hall–Kier alpha value is -5.04. The van der Waals surface area contributed by atoms with Gasteiger partial charge in [0.15, 0.2) is 0 Å². The number of carboxylic acid groups (broad SMARTS) is 1. The van der Waals surface area contributed by atoms with E-state index in [4.69, 9.17) is 14.7 Å². The van der Waals surface area contributed by atoms with E-state index >= 15 is 0 Å².